The first-order valence-corrected chi connectivity index (χ1v) is 10.4. The number of hydrogen-bond acceptors (Lipinski definition) is 8. The molecule has 0 saturated carbocycles. The second-order valence-electron chi connectivity index (χ2n) is 7.83. The van der Waals surface area contributed by atoms with Crippen LogP contribution in [-0.4, -0.2) is 46.4 Å². The summed E-state index contributed by atoms with van der Waals surface area (Å²) in [6.07, 6.45) is 1.37. The van der Waals surface area contributed by atoms with Gasteiger partial charge < -0.3 is 9.97 Å². The Morgan fingerprint density at radius 3 is 2.56 bits per heavy atom. The minimum atomic E-state index is -0.400. The van der Waals surface area contributed by atoms with E-state index in [0.717, 1.165) is 5.56 Å². The van der Waals surface area contributed by atoms with Crippen molar-refractivity contribution in [3.63, 3.8) is 0 Å². The number of rotatable bonds is 7. The van der Waals surface area contributed by atoms with Gasteiger partial charge in [0, 0.05) is 12.1 Å². The van der Waals surface area contributed by atoms with Gasteiger partial charge in [-0.15, -0.1) is 0 Å². The number of H-pyrrole nitrogens is 4. The van der Waals surface area contributed by atoms with Crippen LogP contribution in [0.1, 0.15) is 13.8 Å². The second-order valence-corrected chi connectivity index (χ2v) is 7.83. The van der Waals surface area contributed by atoms with E-state index in [1.807, 2.05) is 44.2 Å². The van der Waals surface area contributed by atoms with Gasteiger partial charge in [0.25, 0.3) is 11.1 Å². The van der Waals surface area contributed by atoms with Crippen molar-refractivity contribution in [2.24, 2.45) is 16.4 Å². The summed E-state index contributed by atoms with van der Waals surface area (Å²) in [5, 5.41) is 9.46. The molecular formula is C20H20N12O2. The third-order valence-electron chi connectivity index (χ3n) is 4.78. The normalized spacial score (nSPS) is 11.7. The molecule has 4 aromatic heterocycles. The fourth-order valence-corrected chi connectivity index (χ4v) is 3.28. The van der Waals surface area contributed by atoms with Crippen LogP contribution in [0.25, 0.3) is 33.7 Å². The fraction of sp³-hybridized carbons (Fsp3) is 0.200. The van der Waals surface area contributed by atoms with Gasteiger partial charge in [0.2, 0.25) is 11.9 Å². The number of nitrogens with one attached hydrogen (secondary N) is 5. The minimum Gasteiger partial charge on any atom is -0.339 e. The van der Waals surface area contributed by atoms with Crippen molar-refractivity contribution >= 4 is 34.2 Å². The van der Waals surface area contributed by atoms with E-state index in [0.29, 0.717) is 12.4 Å². The number of aromatic amines is 4. The van der Waals surface area contributed by atoms with E-state index in [9.17, 15) is 9.59 Å². The Morgan fingerprint density at radius 1 is 0.971 bits per heavy atom. The number of aromatic nitrogens is 8. The molecule has 0 aliphatic carbocycles. The smallest absolute Gasteiger partial charge is 0.278 e. The lowest BCUT2D eigenvalue weighted by molar-refractivity contribution is 0.598. The number of nitrogens with zero attached hydrogens (tertiary/aromatic N) is 7. The number of anilines is 2. The molecule has 0 spiro atoms. The van der Waals surface area contributed by atoms with Crippen LogP contribution in [0.4, 0.5) is 11.9 Å². The molecule has 34 heavy (non-hydrogen) atoms. The standard InChI is InChI=1S/C20H20N12O2/c1-10(2)8-32(31-30-29-19-25-15-12(17(33)27-19)21-9-22-15)20-26-16-13(18(34)28-20)23-14(24-16)11-6-4-3-5-7-11/h3-7,9-10H,8H2,1-2H3,(H2,23,24,26,28,34)(H3,21,22,25,27,29,31,33). The molecule has 5 N–H and O–H groups in total. The molecule has 1 aromatic carbocycles. The van der Waals surface area contributed by atoms with Gasteiger partial charge in [-0.05, 0) is 16.4 Å². The first-order chi connectivity index (χ1) is 16.5. The minimum absolute atomic E-state index is 0.0644. The van der Waals surface area contributed by atoms with Crippen LogP contribution in [0.5, 0.6) is 0 Å². The van der Waals surface area contributed by atoms with Crippen LogP contribution in [0, 0.1) is 5.92 Å². The summed E-state index contributed by atoms with van der Waals surface area (Å²) in [4.78, 5) is 52.8. The van der Waals surface area contributed by atoms with Crippen molar-refractivity contribution in [2.45, 2.75) is 13.8 Å². The molecule has 0 aliphatic rings. The zero-order valence-corrected chi connectivity index (χ0v) is 18.2. The van der Waals surface area contributed by atoms with Crippen molar-refractivity contribution in [3.8, 4) is 11.4 Å². The third kappa shape index (κ3) is 4.11. The molecular weight excluding hydrogens is 440 g/mol. The van der Waals surface area contributed by atoms with Crippen LogP contribution in [0.2, 0.25) is 0 Å². The van der Waals surface area contributed by atoms with Gasteiger partial charge in [0.15, 0.2) is 22.3 Å². The Kier molecular flexibility index (Phi) is 5.29. The van der Waals surface area contributed by atoms with E-state index < -0.39 is 5.56 Å². The largest absolute Gasteiger partial charge is 0.339 e. The number of imidazole rings is 2. The van der Waals surface area contributed by atoms with Gasteiger partial charge in [-0.1, -0.05) is 44.2 Å². The summed E-state index contributed by atoms with van der Waals surface area (Å²) in [6.45, 7) is 4.37. The highest BCUT2D eigenvalue weighted by Gasteiger charge is 2.16. The van der Waals surface area contributed by atoms with Crippen LogP contribution in [0.15, 0.2) is 56.7 Å². The lowest BCUT2D eigenvalue weighted by Crippen LogP contribution is -2.26. The fourth-order valence-electron chi connectivity index (χ4n) is 3.28. The van der Waals surface area contributed by atoms with E-state index in [1.165, 1.54) is 11.3 Å². The maximum Gasteiger partial charge on any atom is 0.278 e. The van der Waals surface area contributed by atoms with Crippen LogP contribution < -0.4 is 21.6 Å². The molecule has 0 atom stereocenters. The number of hydrogen-bond donors (Lipinski definition) is 5. The van der Waals surface area contributed by atoms with E-state index >= 15 is 0 Å². The highest BCUT2D eigenvalue weighted by Crippen LogP contribution is 2.19. The molecule has 0 amide bonds. The Morgan fingerprint density at radius 2 is 1.76 bits per heavy atom. The highest BCUT2D eigenvalue weighted by molar-refractivity contribution is 5.76. The summed E-state index contributed by atoms with van der Waals surface area (Å²) in [5.74, 6) is 0.937. The molecule has 4 heterocycles. The summed E-state index contributed by atoms with van der Waals surface area (Å²) >= 11 is 0. The van der Waals surface area contributed by atoms with Gasteiger partial charge in [0.05, 0.1) is 6.33 Å². The molecule has 14 nitrogen and oxygen atoms in total. The second kappa shape index (κ2) is 8.57. The molecule has 14 heteroatoms. The number of fused-ring (bicyclic) bond motifs is 2. The summed E-state index contributed by atoms with van der Waals surface area (Å²) < 4.78 is 0. The van der Waals surface area contributed by atoms with Crippen molar-refractivity contribution in [1.82, 2.24) is 39.9 Å². The highest BCUT2D eigenvalue weighted by atomic mass is 16.1. The van der Waals surface area contributed by atoms with Gasteiger partial charge in [0.1, 0.15) is 5.82 Å². The monoisotopic (exact) mass is 460 g/mol. The van der Waals surface area contributed by atoms with Gasteiger partial charge >= 0.3 is 0 Å². The Labute approximate surface area is 190 Å². The third-order valence-corrected chi connectivity index (χ3v) is 4.78. The molecule has 0 radical (unpaired) electrons. The molecule has 172 valence electrons. The Balaban J connectivity index is 1.45. The van der Waals surface area contributed by atoms with Crippen molar-refractivity contribution in [3.05, 3.63) is 57.4 Å². The van der Waals surface area contributed by atoms with Crippen LogP contribution in [0.3, 0.4) is 0 Å². The molecule has 5 aromatic rings. The molecule has 0 bridgehead atoms. The van der Waals surface area contributed by atoms with E-state index in [4.69, 9.17) is 0 Å². The maximum absolute atomic E-state index is 12.7. The van der Waals surface area contributed by atoms with E-state index in [-0.39, 0.29) is 45.7 Å². The average Bonchev–Trinajstić information content (AvgIpc) is 3.46. The van der Waals surface area contributed by atoms with E-state index in [2.05, 4.69) is 55.7 Å². The van der Waals surface area contributed by atoms with Crippen LogP contribution in [-0.2, 0) is 0 Å². The van der Waals surface area contributed by atoms with Gasteiger partial charge in [-0.25, -0.2) is 20.4 Å². The first-order valence-electron chi connectivity index (χ1n) is 10.4. The maximum atomic E-state index is 12.7. The lowest BCUT2D eigenvalue weighted by atomic mass is 10.2. The van der Waals surface area contributed by atoms with Gasteiger partial charge in [-0.3, -0.25) is 19.6 Å². The first kappa shape index (κ1) is 21.0. The zero-order valence-electron chi connectivity index (χ0n) is 18.2. The SMILES string of the molecule is CC(C)CN(N=NNc1nc2nc[nH]c2c(=O)[nH]1)c1nc2nc(-c3ccccc3)[nH]c2c(=O)[nH]1. The summed E-state index contributed by atoms with van der Waals surface area (Å²) in [6, 6.07) is 9.44. The zero-order chi connectivity index (χ0) is 23.7. The lowest BCUT2D eigenvalue weighted by Gasteiger charge is -2.17. The summed E-state index contributed by atoms with van der Waals surface area (Å²) in [7, 11) is 0. The topological polar surface area (TPSA) is 189 Å². The molecule has 0 aliphatic heterocycles. The van der Waals surface area contributed by atoms with Crippen molar-refractivity contribution < 1.29 is 0 Å². The van der Waals surface area contributed by atoms with Crippen molar-refractivity contribution in [1.29, 1.82) is 0 Å². The summed E-state index contributed by atoms with van der Waals surface area (Å²) in [5.41, 5.74) is 3.63. The van der Waals surface area contributed by atoms with Crippen molar-refractivity contribution in [2.75, 3.05) is 17.0 Å². The van der Waals surface area contributed by atoms with Gasteiger partial charge in [-0.2, -0.15) is 9.97 Å². The molecule has 0 fully saturated rings. The number of benzene rings is 1. The predicted molar refractivity (Wildman–Crippen MR) is 125 cm³/mol. The predicted octanol–water partition coefficient (Wildman–Crippen LogP) is 2.13. The van der Waals surface area contributed by atoms with E-state index in [1.54, 1.807) is 0 Å². The van der Waals surface area contributed by atoms with Crippen LogP contribution >= 0.6 is 0 Å². The molecule has 0 saturated heterocycles. The molecule has 0 unspecified atom stereocenters. The Bertz CT molecular complexity index is 1590. The average molecular weight is 460 g/mol. The quantitative estimate of drug-likeness (QED) is 0.180. The Hall–Kier alpha value is -4.88. The molecule has 5 rings (SSSR count).